The topological polar surface area (TPSA) is 97.6 Å². The molecule has 0 spiro atoms. The molecule has 2 aromatic rings. The maximum Gasteiger partial charge on any atom is 0.341 e. The van der Waals surface area contributed by atoms with E-state index in [2.05, 4.69) is 10.6 Å². The second-order valence-corrected chi connectivity index (χ2v) is 6.46. The molecule has 0 fully saturated rings. The minimum Gasteiger partial charge on any atom is -0.462 e. The molecule has 0 bridgehead atoms. The Labute approximate surface area is 149 Å². The van der Waals surface area contributed by atoms with Gasteiger partial charge >= 0.3 is 5.97 Å². The Morgan fingerprint density at radius 2 is 2.04 bits per heavy atom. The van der Waals surface area contributed by atoms with Gasteiger partial charge in [-0.2, -0.15) is 0 Å². The van der Waals surface area contributed by atoms with Gasteiger partial charge in [-0.25, -0.2) is 4.79 Å². The molecule has 0 aliphatic rings. The van der Waals surface area contributed by atoms with E-state index in [1.807, 2.05) is 13.8 Å². The molecule has 7 nitrogen and oxygen atoms in total. The molecule has 2 rings (SSSR count). The summed E-state index contributed by atoms with van der Waals surface area (Å²) in [5.41, 5.74) is 1.18. The van der Waals surface area contributed by atoms with Crippen LogP contribution >= 0.6 is 11.3 Å². The van der Waals surface area contributed by atoms with E-state index in [1.165, 1.54) is 23.7 Å². The van der Waals surface area contributed by atoms with Crippen molar-refractivity contribution in [3.63, 3.8) is 0 Å². The summed E-state index contributed by atoms with van der Waals surface area (Å²) < 4.78 is 10.0. The average Bonchev–Trinajstić information content (AvgIpc) is 3.17. The van der Waals surface area contributed by atoms with Gasteiger partial charge in [0.15, 0.2) is 5.76 Å². The van der Waals surface area contributed by atoms with E-state index < -0.39 is 5.97 Å². The number of hydrogen-bond acceptors (Lipinski definition) is 6. The molecule has 0 aliphatic heterocycles. The molecule has 0 saturated heterocycles. The number of aryl methyl sites for hydroxylation is 1. The lowest BCUT2D eigenvalue weighted by atomic mass is 10.1. The van der Waals surface area contributed by atoms with Crippen molar-refractivity contribution >= 4 is 34.1 Å². The fraction of sp³-hybridized carbons (Fsp3) is 0.353. The van der Waals surface area contributed by atoms with Crippen LogP contribution in [0.3, 0.4) is 0 Å². The third-order valence-corrected chi connectivity index (χ3v) is 4.62. The van der Waals surface area contributed by atoms with Crippen molar-refractivity contribution in [1.29, 1.82) is 0 Å². The Morgan fingerprint density at radius 1 is 1.28 bits per heavy atom. The molecule has 0 aromatic carbocycles. The fourth-order valence-electron chi connectivity index (χ4n) is 2.14. The molecule has 0 unspecified atom stereocenters. The number of rotatable bonds is 7. The van der Waals surface area contributed by atoms with E-state index >= 15 is 0 Å². The van der Waals surface area contributed by atoms with E-state index in [-0.39, 0.29) is 37.1 Å². The highest BCUT2D eigenvalue weighted by Crippen LogP contribution is 2.33. The van der Waals surface area contributed by atoms with Crippen molar-refractivity contribution in [1.82, 2.24) is 5.32 Å². The molecule has 25 heavy (non-hydrogen) atoms. The number of esters is 1. The van der Waals surface area contributed by atoms with Crippen LogP contribution in [0.4, 0.5) is 5.00 Å². The van der Waals surface area contributed by atoms with Crippen LogP contribution in [-0.2, 0) is 9.53 Å². The van der Waals surface area contributed by atoms with Crippen LogP contribution in [0.15, 0.2) is 22.8 Å². The van der Waals surface area contributed by atoms with Crippen LogP contribution in [0.2, 0.25) is 0 Å². The molecule has 2 amide bonds. The second-order valence-electron chi connectivity index (χ2n) is 5.24. The summed E-state index contributed by atoms with van der Waals surface area (Å²) in [6, 6.07) is 3.15. The van der Waals surface area contributed by atoms with Crippen molar-refractivity contribution in [2.75, 3.05) is 18.5 Å². The Kier molecular flexibility index (Phi) is 6.35. The number of thiophene rings is 1. The summed E-state index contributed by atoms with van der Waals surface area (Å²) in [5, 5.41) is 5.79. The van der Waals surface area contributed by atoms with Gasteiger partial charge in [0.25, 0.3) is 5.91 Å². The van der Waals surface area contributed by atoms with Crippen LogP contribution < -0.4 is 10.6 Å². The summed E-state index contributed by atoms with van der Waals surface area (Å²) in [5.74, 6) is -0.945. The summed E-state index contributed by atoms with van der Waals surface area (Å²) >= 11 is 1.33. The van der Waals surface area contributed by atoms with Crippen LogP contribution in [0.5, 0.6) is 0 Å². The van der Waals surface area contributed by atoms with Crippen molar-refractivity contribution < 1.29 is 23.5 Å². The standard InChI is InChI=1S/C17H20N2O5S/c1-4-23-17(22)14-10(2)11(3)25-16(14)19-13(20)7-8-18-15(21)12-6-5-9-24-12/h5-6,9H,4,7-8H2,1-3H3,(H,18,21)(H,19,20). The molecular weight excluding hydrogens is 344 g/mol. The SMILES string of the molecule is CCOC(=O)c1c(NC(=O)CCNC(=O)c2ccco2)sc(C)c1C. The third-order valence-electron chi connectivity index (χ3n) is 3.50. The largest absolute Gasteiger partial charge is 0.462 e. The summed E-state index contributed by atoms with van der Waals surface area (Å²) in [6.07, 6.45) is 1.48. The smallest absolute Gasteiger partial charge is 0.341 e. The van der Waals surface area contributed by atoms with Gasteiger partial charge < -0.3 is 19.8 Å². The van der Waals surface area contributed by atoms with Gasteiger partial charge in [0.2, 0.25) is 5.91 Å². The normalized spacial score (nSPS) is 10.4. The number of amides is 2. The van der Waals surface area contributed by atoms with Crippen LogP contribution in [0, 0.1) is 13.8 Å². The predicted molar refractivity (Wildman–Crippen MR) is 94.0 cm³/mol. The van der Waals surface area contributed by atoms with Gasteiger partial charge in [0, 0.05) is 17.8 Å². The molecule has 8 heteroatoms. The van der Waals surface area contributed by atoms with E-state index in [1.54, 1.807) is 13.0 Å². The van der Waals surface area contributed by atoms with E-state index in [0.717, 1.165) is 10.4 Å². The van der Waals surface area contributed by atoms with Gasteiger partial charge in [0.1, 0.15) is 5.00 Å². The minimum atomic E-state index is -0.453. The van der Waals surface area contributed by atoms with Crippen LogP contribution in [-0.4, -0.2) is 30.9 Å². The lowest BCUT2D eigenvalue weighted by molar-refractivity contribution is -0.116. The summed E-state index contributed by atoms with van der Waals surface area (Å²) in [4.78, 5) is 36.8. The number of ether oxygens (including phenoxy) is 1. The maximum atomic E-state index is 12.1. The molecule has 0 saturated carbocycles. The Hall–Kier alpha value is -2.61. The van der Waals surface area contributed by atoms with E-state index in [9.17, 15) is 14.4 Å². The monoisotopic (exact) mass is 364 g/mol. The van der Waals surface area contributed by atoms with Crippen molar-refractivity contribution in [3.8, 4) is 0 Å². The van der Waals surface area contributed by atoms with Gasteiger partial charge in [0.05, 0.1) is 18.4 Å². The minimum absolute atomic E-state index is 0.0741. The van der Waals surface area contributed by atoms with E-state index in [4.69, 9.17) is 9.15 Å². The molecule has 0 atom stereocenters. The molecule has 2 aromatic heterocycles. The number of nitrogens with one attached hydrogen (secondary N) is 2. The summed E-state index contributed by atoms with van der Waals surface area (Å²) in [6.45, 7) is 5.84. The molecule has 2 N–H and O–H groups in total. The highest BCUT2D eigenvalue weighted by molar-refractivity contribution is 7.16. The zero-order valence-corrected chi connectivity index (χ0v) is 15.1. The second kappa shape index (κ2) is 8.48. The fourth-order valence-corrected chi connectivity index (χ4v) is 3.20. The molecule has 0 aliphatic carbocycles. The number of anilines is 1. The Morgan fingerprint density at radius 3 is 2.68 bits per heavy atom. The lowest BCUT2D eigenvalue weighted by Gasteiger charge is -2.07. The molecule has 134 valence electrons. The van der Waals surface area contributed by atoms with Gasteiger partial charge in [-0.3, -0.25) is 9.59 Å². The van der Waals surface area contributed by atoms with Gasteiger partial charge in [-0.05, 0) is 38.5 Å². The lowest BCUT2D eigenvalue weighted by Crippen LogP contribution is -2.27. The molecule has 2 heterocycles. The number of carbonyl (C=O) groups is 3. The Balaban J connectivity index is 1.93. The van der Waals surface area contributed by atoms with Crippen molar-refractivity contribution in [3.05, 3.63) is 40.2 Å². The number of hydrogen-bond donors (Lipinski definition) is 2. The zero-order valence-electron chi connectivity index (χ0n) is 14.3. The maximum absolute atomic E-state index is 12.1. The zero-order chi connectivity index (χ0) is 18.4. The van der Waals surface area contributed by atoms with Crippen LogP contribution in [0.25, 0.3) is 0 Å². The van der Waals surface area contributed by atoms with Gasteiger partial charge in [-0.1, -0.05) is 0 Å². The highest BCUT2D eigenvalue weighted by Gasteiger charge is 2.22. The first-order valence-corrected chi connectivity index (χ1v) is 8.64. The quantitative estimate of drug-likeness (QED) is 0.736. The molecule has 0 radical (unpaired) electrons. The van der Waals surface area contributed by atoms with Crippen LogP contribution in [0.1, 0.15) is 44.7 Å². The Bertz CT molecular complexity index is 764. The first-order chi connectivity index (χ1) is 11.9. The average molecular weight is 364 g/mol. The summed E-state index contributed by atoms with van der Waals surface area (Å²) in [7, 11) is 0. The van der Waals surface area contributed by atoms with E-state index in [0.29, 0.717) is 10.6 Å². The first kappa shape index (κ1) is 18.7. The first-order valence-electron chi connectivity index (χ1n) is 7.82. The molecular formula is C17H20N2O5S. The highest BCUT2D eigenvalue weighted by atomic mass is 32.1. The predicted octanol–water partition coefficient (Wildman–Crippen LogP) is 2.89. The van der Waals surface area contributed by atoms with Crippen molar-refractivity contribution in [2.45, 2.75) is 27.2 Å². The number of carbonyl (C=O) groups excluding carboxylic acids is 3. The number of furan rings is 1. The third kappa shape index (κ3) is 4.69. The van der Waals surface area contributed by atoms with Gasteiger partial charge in [-0.15, -0.1) is 11.3 Å². The van der Waals surface area contributed by atoms with Crippen molar-refractivity contribution in [2.24, 2.45) is 0 Å².